The van der Waals surface area contributed by atoms with Gasteiger partial charge in [-0.05, 0) is 38.5 Å². The fraction of sp³-hybridized carbons (Fsp3) is 0.562. The lowest BCUT2D eigenvalue weighted by Gasteiger charge is -2.34. The molecule has 1 aromatic rings. The predicted molar refractivity (Wildman–Crippen MR) is 87.9 cm³/mol. The maximum absolute atomic E-state index is 11.8. The van der Waals surface area contributed by atoms with Crippen molar-refractivity contribution in [2.75, 3.05) is 31.6 Å². The van der Waals surface area contributed by atoms with Gasteiger partial charge in [0, 0.05) is 32.2 Å². The Labute approximate surface area is 132 Å². The Hall–Kier alpha value is -1.26. The van der Waals surface area contributed by atoms with E-state index < -0.39 is 0 Å². The van der Waals surface area contributed by atoms with Gasteiger partial charge in [0.2, 0.25) is 5.91 Å². The summed E-state index contributed by atoms with van der Waals surface area (Å²) in [5.41, 5.74) is 2.17. The first-order valence-electron chi connectivity index (χ1n) is 7.28. The summed E-state index contributed by atoms with van der Waals surface area (Å²) in [6.45, 7) is 9.15. The summed E-state index contributed by atoms with van der Waals surface area (Å²) >= 11 is 6.40. The average Bonchev–Trinajstić information content (AvgIpc) is 2.39. The molecule has 0 radical (unpaired) electrons. The first-order chi connectivity index (χ1) is 9.76. The van der Waals surface area contributed by atoms with Crippen molar-refractivity contribution in [3.8, 4) is 0 Å². The second-order valence-electron chi connectivity index (χ2n) is 6.63. The molecule has 0 bridgehead atoms. The fourth-order valence-electron chi connectivity index (χ4n) is 2.25. The molecule has 0 atom stereocenters. The van der Waals surface area contributed by atoms with Crippen LogP contribution >= 0.6 is 11.6 Å². The van der Waals surface area contributed by atoms with E-state index in [4.69, 9.17) is 11.6 Å². The number of rotatable bonds is 3. The number of halogens is 1. The number of likely N-dealkylation sites (N-methyl/N-ethyl adjacent to an activating group) is 1. The SMILES string of the molecule is CN1CCN(c2ccc(CNC(C)(C)C)cc2Cl)CC1=O. The number of nitrogens with one attached hydrogen (secondary N) is 1. The molecular formula is C16H24ClN3O. The fourth-order valence-corrected chi connectivity index (χ4v) is 2.57. The van der Waals surface area contributed by atoms with E-state index in [1.807, 2.05) is 24.1 Å². The normalized spacial score (nSPS) is 16.5. The molecule has 1 amide bonds. The Morgan fingerprint density at radius 1 is 1.29 bits per heavy atom. The standard InChI is InChI=1S/C16H24ClN3O/c1-16(2,3)18-10-12-5-6-14(13(17)9-12)20-8-7-19(4)15(21)11-20/h5-6,9,18H,7-8,10-11H2,1-4H3. The third kappa shape index (κ3) is 4.35. The van der Waals surface area contributed by atoms with E-state index in [2.05, 4.69) is 32.2 Å². The molecule has 5 heteroatoms. The van der Waals surface area contributed by atoms with Crippen molar-refractivity contribution in [2.24, 2.45) is 0 Å². The molecule has 0 aliphatic carbocycles. The molecule has 116 valence electrons. The zero-order valence-electron chi connectivity index (χ0n) is 13.2. The van der Waals surface area contributed by atoms with Gasteiger partial charge in [-0.1, -0.05) is 17.7 Å². The molecule has 0 saturated carbocycles. The van der Waals surface area contributed by atoms with E-state index in [9.17, 15) is 4.79 Å². The van der Waals surface area contributed by atoms with Crippen molar-refractivity contribution in [3.63, 3.8) is 0 Å². The number of amides is 1. The van der Waals surface area contributed by atoms with Crippen LogP contribution in [0.3, 0.4) is 0 Å². The van der Waals surface area contributed by atoms with Crippen LogP contribution in [-0.2, 0) is 11.3 Å². The first-order valence-corrected chi connectivity index (χ1v) is 7.66. The summed E-state index contributed by atoms with van der Waals surface area (Å²) in [4.78, 5) is 15.6. The third-order valence-corrected chi connectivity index (χ3v) is 3.94. The number of piperazine rings is 1. The average molecular weight is 310 g/mol. The summed E-state index contributed by atoms with van der Waals surface area (Å²) in [5, 5.41) is 4.15. The van der Waals surface area contributed by atoms with Gasteiger partial charge in [0.1, 0.15) is 0 Å². The van der Waals surface area contributed by atoms with Crippen LogP contribution in [0.5, 0.6) is 0 Å². The highest BCUT2D eigenvalue weighted by molar-refractivity contribution is 6.33. The van der Waals surface area contributed by atoms with Crippen molar-refractivity contribution in [1.82, 2.24) is 10.2 Å². The molecule has 21 heavy (non-hydrogen) atoms. The highest BCUT2D eigenvalue weighted by atomic mass is 35.5. The van der Waals surface area contributed by atoms with Crippen LogP contribution in [0, 0.1) is 0 Å². The van der Waals surface area contributed by atoms with Gasteiger partial charge in [-0.15, -0.1) is 0 Å². The monoisotopic (exact) mass is 309 g/mol. The quantitative estimate of drug-likeness (QED) is 0.932. The Kier molecular flexibility index (Phi) is 4.79. The van der Waals surface area contributed by atoms with Crippen LogP contribution in [0.1, 0.15) is 26.3 Å². The molecule has 0 spiro atoms. The summed E-state index contributed by atoms with van der Waals surface area (Å²) in [6.07, 6.45) is 0. The van der Waals surface area contributed by atoms with E-state index in [1.165, 1.54) is 0 Å². The van der Waals surface area contributed by atoms with Crippen molar-refractivity contribution in [2.45, 2.75) is 32.9 Å². The largest absolute Gasteiger partial charge is 0.359 e. The minimum absolute atomic E-state index is 0.0784. The highest BCUT2D eigenvalue weighted by Crippen LogP contribution is 2.28. The molecule has 1 aliphatic heterocycles. The Bertz CT molecular complexity index is 525. The summed E-state index contributed by atoms with van der Waals surface area (Å²) < 4.78 is 0. The van der Waals surface area contributed by atoms with Gasteiger partial charge >= 0.3 is 0 Å². The Balaban J connectivity index is 2.07. The van der Waals surface area contributed by atoms with Crippen molar-refractivity contribution in [3.05, 3.63) is 28.8 Å². The second-order valence-corrected chi connectivity index (χ2v) is 7.03. The number of hydrogen-bond donors (Lipinski definition) is 1. The third-order valence-electron chi connectivity index (χ3n) is 3.63. The topological polar surface area (TPSA) is 35.6 Å². The van der Waals surface area contributed by atoms with Crippen LogP contribution in [0.2, 0.25) is 5.02 Å². The highest BCUT2D eigenvalue weighted by Gasteiger charge is 2.22. The molecule has 2 rings (SSSR count). The second kappa shape index (κ2) is 6.24. The summed E-state index contributed by atoms with van der Waals surface area (Å²) in [5.74, 6) is 0.135. The minimum Gasteiger partial charge on any atom is -0.359 e. The van der Waals surface area contributed by atoms with Gasteiger partial charge in [-0.3, -0.25) is 4.79 Å². The van der Waals surface area contributed by atoms with Gasteiger partial charge in [0.15, 0.2) is 0 Å². The molecule has 4 nitrogen and oxygen atoms in total. The molecule has 1 saturated heterocycles. The zero-order chi connectivity index (χ0) is 15.6. The number of anilines is 1. The van der Waals surface area contributed by atoms with Crippen LogP contribution in [0.4, 0.5) is 5.69 Å². The van der Waals surface area contributed by atoms with Crippen molar-refractivity contribution >= 4 is 23.2 Å². The summed E-state index contributed by atoms with van der Waals surface area (Å²) in [7, 11) is 1.84. The number of nitrogens with zero attached hydrogens (tertiary/aromatic N) is 2. The maximum atomic E-state index is 11.8. The molecule has 1 aromatic carbocycles. The van der Waals surface area contributed by atoms with Gasteiger partial charge in [-0.25, -0.2) is 0 Å². The molecule has 1 fully saturated rings. The van der Waals surface area contributed by atoms with Gasteiger partial charge in [0.25, 0.3) is 0 Å². The number of carbonyl (C=O) groups is 1. The van der Waals surface area contributed by atoms with Crippen LogP contribution < -0.4 is 10.2 Å². The lowest BCUT2D eigenvalue weighted by Crippen LogP contribution is -2.48. The molecular weight excluding hydrogens is 286 g/mol. The van der Waals surface area contributed by atoms with Gasteiger partial charge in [0.05, 0.1) is 17.3 Å². The van der Waals surface area contributed by atoms with Crippen LogP contribution in [0.25, 0.3) is 0 Å². The minimum atomic E-state index is 0.0784. The molecule has 0 aromatic heterocycles. The molecule has 0 unspecified atom stereocenters. The van der Waals surface area contributed by atoms with Crippen molar-refractivity contribution < 1.29 is 4.79 Å². The molecule has 1 aliphatic rings. The number of hydrogen-bond acceptors (Lipinski definition) is 3. The first kappa shape index (κ1) is 16.1. The van der Waals surface area contributed by atoms with Crippen LogP contribution in [-0.4, -0.2) is 43.0 Å². The van der Waals surface area contributed by atoms with E-state index in [0.717, 1.165) is 30.9 Å². The van der Waals surface area contributed by atoms with E-state index in [0.29, 0.717) is 11.6 Å². The van der Waals surface area contributed by atoms with Gasteiger partial charge < -0.3 is 15.1 Å². The van der Waals surface area contributed by atoms with E-state index in [1.54, 1.807) is 4.90 Å². The van der Waals surface area contributed by atoms with E-state index in [-0.39, 0.29) is 11.4 Å². The molecule has 1 N–H and O–H groups in total. The van der Waals surface area contributed by atoms with Gasteiger partial charge in [-0.2, -0.15) is 0 Å². The lowest BCUT2D eigenvalue weighted by molar-refractivity contribution is -0.129. The van der Waals surface area contributed by atoms with Crippen LogP contribution in [0.15, 0.2) is 18.2 Å². The number of benzene rings is 1. The number of carbonyl (C=O) groups excluding carboxylic acids is 1. The zero-order valence-corrected chi connectivity index (χ0v) is 14.0. The van der Waals surface area contributed by atoms with E-state index >= 15 is 0 Å². The smallest absolute Gasteiger partial charge is 0.241 e. The predicted octanol–water partition coefficient (Wildman–Crippen LogP) is 2.51. The Morgan fingerprint density at radius 3 is 2.57 bits per heavy atom. The molecule has 1 heterocycles. The lowest BCUT2D eigenvalue weighted by atomic mass is 10.1. The Morgan fingerprint density at radius 2 is 2.00 bits per heavy atom. The maximum Gasteiger partial charge on any atom is 0.241 e. The van der Waals surface area contributed by atoms with Crippen molar-refractivity contribution in [1.29, 1.82) is 0 Å². The summed E-state index contributed by atoms with van der Waals surface area (Å²) in [6, 6.07) is 6.07.